The van der Waals surface area contributed by atoms with Crippen LogP contribution < -0.4 is 0 Å². The topological polar surface area (TPSA) is 70.1 Å². The molecule has 2 aliphatic heterocycles. The van der Waals surface area contributed by atoms with Crippen molar-refractivity contribution in [3.8, 4) is 0 Å². The molecule has 1 atom stereocenters. The third kappa shape index (κ3) is 4.44. The minimum Gasteiger partial charge on any atom is -0.396 e. The van der Waals surface area contributed by atoms with E-state index < -0.39 is 0 Å². The number of rotatable bonds is 6. The Bertz CT molecular complexity index is 432. The molecule has 2 saturated heterocycles. The first-order valence-electron chi connectivity index (χ1n) is 8.58. The van der Waals surface area contributed by atoms with E-state index in [0.717, 1.165) is 12.8 Å². The minimum absolute atomic E-state index is 0.0175. The fourth-order valence-corrected chi connectivity index (χ4v) is 3.62. The Morgan fingerprint density at radius 1 is 1.43 bits per heavy atom. The number of hydrogen-bond donors (Lipinski definition) is 1. The van der Waals surface area contributed by atoms with Gasteiger partial charge in [0.05, 0.1) is 12.5 Å². The fraction of sp³-hybridized carbons (Fsp3) is 0.882. The van der Waals surface area contributed by atoms with Gasteiger partial charge in [0, 0.05) is 51.7 Å². The molecular formula is C17H30N2O4. The van der Waals surface area contributed by atoms with Crippen molar-refractivity contribution in [2.24, 2.45) is 17.3 Å². The van der Waals surface area contributed by atoms with Gasteiger partial charge in [-0.05, 0) is 18.8 Å². The monoisotopic (exact) mass is 326 g/mol. The summed E-state index contributed by atoms with van der Waals surface area (Å²) in [7, 11) is 1.78. The molecule has 2 aliphatic rings. The first kappa shape index (κ1) is 18.2. The van der Waals surface area contributed by atoms with E-state index in [1.165, 1.54) is 0 Å². The molecule has 1 N–H and O–H groups in total. The van der Waals surface area contributed by atoms with Crippen LogP contribution in [0.25, 0.3) is 0 Å². The van der Waals surface area contributed by atoms with E-state index in [1.54, 1.807) is 16.8 Å². The molecule has 2 fully saturated rings. The summed E-state index contributed by atoms with van der Waals surface area (Å²) in [4.78, 5) is 28.3. The van der Waals surface area contributed by atoms with Crippen molar-refractivity contribution in [2.75, 3.05) is 46.5 Å². The molecule has 0 aromatic carbocycles. The fourth-order valence-electron chi connectivity index (χ4n) is 3.62. The summed E-state index contributed by atoms with van der Waals surface area (Å²) in [5.41, 5.74) is -0.261. The maximum atomic E-state index is 12.7. The zero-order valence-electron chi connectivity index (χ0n) is 14.6. The number of amides is 2. The van der Waals surface area contributed by atoms with Crippen molar-refractivity contribution in [1.82, 2.24) is 9.80 Å². The van der Waals surface area contributed by atoms with E-state index in [2.05, 4.69) is 13.8 Å². The number of ether oxygens (including phenoxy) is 1. The SMILES string of the molecule is CC(C)CN1CC(C(=O)N(C)CC2(CO)CCOCC2)CC1=O. The summed E-state index contributed by atoms with van der Waals surface area (Å²) in [5.74, 6) is 0.254. The van der Waals surface area contributed by atoms with E-state index in [0.29, 0.717) is 45.2 Å². The van der Waals surface area contributed by atoms with Gasteiger partial charge in [0.15, 0.2) is 0 Å². The average molecular weight is 326 g/mol. The number of hydrogen-bond acceptors (Lipinski definition) is 4. The number of aliphatic hydroxyl groups is 1. The minimum atomic E-state index is -0.261. The molecule has 132 valence electrons. The molecule has 0 saturated carbocycles. The highest BCUT2D eigenvalue weighted by Crippen LogP contribution is 2.31. The van der Waals surface area contributed by atoms with Gasteiger partial charge in [0.25, 0.3) is 0 Å². The Hall–Kier alpha value is -1.14. The Morgan fingerprint density at radius 3 is 2.65 bits per heavy atom. The maximum absolute atomic E-state index is 12.7. The first-order chi connectivity index (χ1) is 10.9. The van der Waals surface area contributed by atoms with Crippen LogP contribution in [0.5, 0.6) is 0 Å². The maximum Gasteiger partial charge on any atom is 0.227 e. The van der Waals surface area contributed by atoms with Crippen LogP contribution in [0.15, 0.2) is 0 Å². The summed E-state index contributed by atoms with van der Waals surface area (Å²) in [6.45, 7) is 7.24. The van der Waals surface area contributed by atoms with Crippen LogP contribution in [0.4, 0.5) is 0 Å². The molecule has 0 bridgehead atoms. The van der Waals surface area contributed by atoms with Crippen LogP contribution in [-0.2, 0) is 14.3 Å². The zero-order valence-corrected chi connectivity index (χ0v) is 14.6. The van der Waals surface area contributed by atoms with Crippen LogP contribution in [0.1, 0.15) is 33.1 Å². The lowest BCUT2D eigenvalue weighted by Crippen LogP contribution is -2.46. The van der Waals surface area contributed by atoms with Gasteiger partial charge in [-0.3, -0.25) is 9.59 Å². The number of nitrogens with zero attached hydrogens (tertiary/aromatic N) is 2. The van der Waals surface area contributed by atoms with Crippen LogP contribution in [0, 0.1) is 17.3 Å². The first-order valence-corrected chi connectivity index (χ1v) is 8.58. The molecule has 2 rings (SSSR count). The summed E-state index contributed by atoms with van der Waals surface area (Å²) in [6, 6.07) is 0. The molecule has 0 aromatic rings. The molecule has 1 unspecified atom stereocenters. The van der Waals surface area contributed by atoms with Gasteiger partial charge in [-0.2, -0.15) is 0 Å². The number of likely N-dealkylation sites (tertiary alicyclic amines) is 1. The predicted molar refractivity (Wildman–Crippen MR) is 86.7 cm³/mol. The van der Waals surface area contributed by atoms with E-state index in [1.807, 2.05) is 0 Å². The Morgan fingerprint density at radius 2 is 2.09 bits per heavy atom. The van der Waals surface area contributed by atoms with Gasteiger partial charge in [-0.15, -0.1) is 0 Å². The second kappa shape index (κ2) is 7.62. The third-order valence-corrected chi connectivity index (χ3v) is 4.99. The smallest absolute Gasteiger partial charge is 0.227 e. The van der Waals surface area contributed by atoms with Crippen molar-refractivity contribution < 1.29 is 19.4 Å². The van der Waals surface area contributed by atoms with Crippen molar-refractivity contribution in [2.45, 2.75) is 33.1 Å². The highest BCUT2D eigenvalue weighted by atomic mass is 16.5. The van der Waals surface area contributed by atoms with Gasteiger partial charge < -0.3 is 19.6 Å². The molecule has 0 aromatic heterocycles. The standard InChI is InChI=1S/C17H30N2O4/c1-13(2)9-19-10-14(8-15(19)21)16(22)18(3)11-17(12-20)4-6-23-7-5-17/h13-14,20H,4-12H2,1-3H3. The number of carbonyl (C=O) groups excluding carboxylic acids is 2. The zero-order chi connectivity index (χ0) is 17.0. The van der Waals surface area contributed by atoms with Gasteiger partial charge in [0.1, 0.15) is 0 Å². The lowest BCUT2D eigenvalue weighted by atomic mass is 9.80. The van der Waals surface area contributed by atoms with Crippen molar-refractivity contribution in [1.29, 1.82) is 0 Å². The molecular weight excluding hydrogens is 296 g/mol. The van der Waals surface area contributed by atoms with E-state index in [9.17, 15) is 14.7 Å². The second-order valence-corrected chi connectivity index (χ2v) is 7.56. The van der Waals surface area contributed by atoms with Gasteiger partial charge in [-0.25, -0.2) is 0 Å². The van der Waals surface area contributed by atoms with E-state index in [-0.39, 0.29) is 29.8 Å². The lowest BCUT2D eigenvalue weighted by Gasteiger charge is -2.39. The van der Waals surface area contributed by atoms with E-state index in [4.69, 9.17) is 4.74 Å². The largest absolute Gasteiger partial charge is 0.396 e. The predicted octanol–water partition coefficient (Wildman–Crippen LogP) is 0.738. The molecule has 23 heavy (non-hydrogen) atoms. The van der Waals surface area contributed by atoms with Crippen LogP contribution in [-0.4, -0.2) is 73.2 Å². The summed E-state index contributed by atoms with van der Waals surface area (Å²) < 4.78 is 5.37. The molecule has 6 nitrogen and oxygen atoms in total. The average Bonchev–Trinajstić information content (AvgIpc) is 2.87. The highest BCUT2D eigenvalue weighted by molar-refractivity contribution is 5.89. The summed E-state index contributed by atoms with van der Waals surface area (Å²) >= 11 is 0. The molecule has 2 amide bonds. The van der Waals surface area contributed by atoms with Gasteiger partial charge >= 0.3 is 0 Å². The number of carbonyl (C=O) groups is 2. The van der Waals surface area contributed by atoms with Crippen LogP contribution in [0.3, 0.4) is 0 Å². The second-order valence-electron chi connectivity index (χ2n) is 7.56. The molecule has 0 aliphatic carbocycles. The Labute approximate surface area is 138 Å². The number of aliphatic hydroxyl groups excluding tert-OH is 1. The Kier molecular flexibility index (Phi) is 6.03. The van der Waals surface area contributed by atoms with Crippen molar-refractivity contribution in [3.05, 3.63) is 0 Å². The van der Waals surface area contributed by atoms with Gasteiger partial charge in [0.2, 0.25) is 11.8 Å². The normalized spacial score (nSPS) is 24.3. The molecule has 6 heteroatoms. The van der Waals surface area contributed by atoms with Crippen molar-refractivity contribution >= 4 is 11.8 Å². The highest BCUT2D eigenvalue weighted by Gasteiger charge is 2.39. The van der Waals surface area contributed by atoms with Gasteiger partial charge in [-0.1, -0.05) is 13.8 Å². The molecule has 2 heterocycles. The van der Waals surface area contributed by atoms with Crippen LogP contribution >= 0.6 is 0 Å². The quantitative estimate of drug-likeness (QED) is 0.781. The van der Waals surface area contributed by atoms with Crippen molar-refractivity contribution in [3.63, 3.8) is 0 Å². The lowest BCUT2D eigenvalue weighted by molar-refractivity contribution is -0.137. The third-order valence-electron chi connectivity index (χ3n) is 4.99. The summed E-state index contributed by atoms with van der Waals surface area (Å²) in [6.07, 6.45) is 1.85. The Balaban J connectivity index is 1.93. The van der Waals surface area contributed by atoms with E-state index >= 15 is 0 Å². The van der Waals surface area contributed by atoms with Crippen LogP contribution in [0.2, 0.25) is 0 Å². The molecule has 0 radical (unpaired) electrons. The summed E-state index contributed by atoms with van der Waals surface area (Å²) in [5, 5.41) is 9.76. The molecule has 0 spiro atoms.